The highest BCUT2D eigenvalue weighted by atomic mass is 32.2. The minimum absolute atomic E-state index is 0.0520. The summed E-state index contributed by atoms with van der Waals surface area (Å²) in [5.41, 5.74) is 0.393. The van der Waals surface area contributed by atoms with E-state index in [9.17, 15) is 18.0 Å². The summed E-state index contributed by atoms with van der Waals surface area (Å²) in [5, 5.41) is 5.56. The van der Waals surface area contributed by atoms with Gasteiger partial charge in [0, 0.05) is 45.6 Å². The number of carbonyl (C=O) groups is 2. The molecule has 2 amide bonds. The molecule has 1 atom stereocenters. The van der Waals surface area contributed by atoms with Crippen molar-refractivity contribution in [3.8, 4) is 0 Å². The van der Waals surface area contributed by atoms with E-state index in [-0.39, 0.29) is 29.7 Å². The highest BCUT2D eigenvalue weighted by Gasteiger charge is 2.38. The molecule has 0 radical (unpaired) electrons. The van der Waals surface area contributed by atoms with Gasteiger partial charge in [-0.05, 0) is 25.2 Å². The molecule has 0 N–H and O–H groups in total. The first kappa shape index (κ1) is 17.9. The van der Waals surface area contributed by atoms with Gasteiger partial charge in [0.15, 0.2) is 9.84 Å². The Labute approximate surface area is 154 Å². The maximum atomic E-state index is 12.8. The maximum Gasteiger partial charge on any atom is 0.270 e. The third kappa shape index (κ3) is 3.93. The lowest BCUT2D eigenvalue weighted by atomic mass is 10.1. The quantitative estimate of drug-likeness (QED) is 0.666. The molecule has 4 rings (SSSR count). The van der Waals surface area contributed by atoms with Gasteiger partial charge in [-0.2, -0.15) is 5.10 Å². The number of carbonyl (C=O) groups excluding carboxylic acids is 2. The number of sulfone groups is 1. The Balaban J connectivity index is 1.39. The molecule has 3 fully saturated rings. The van der Waals surface area contributed by atoms with Crippen molar-refractivity contribution in [2.45, 2.75) is 38.1 Å². The molecule has 0 aromatic rings. The van der Waals surface area contributed by atoms with E-state index < -0.39 is 15.9 Å². The van der Waals surface area contributed by atoms with Crippen LogP contribution in [0.5, 0.6) is 0 Å². The number of hydrogen-bond acceptors (Lipinski definition) is 6. The van der Waals surface area contributed by atoms with Crippen LogP contribution < -0.4 is 0 Å². The van der Waals surface area contributed by atoms with Crippen LogP contribution in [-0.4, -0.2) is 91.0 Å². The van der Waals surface area contributed by atoms with Crippen LogP contribution in [0, 0.1) is 5.92 Å². The van der Waals surface area contributed by atoms with Gasteiger partial charge < -0.3 is 4.90 Å². The Morgan fingerprint density at radius 1 is 1.08 bits per heavy atom. The number of hydrazone groups is 1. The third-order valence-electron chi connectivity index (χ3n) is 5.73. The fraction of sp³-hybridized carbons (Fsp3) is 0.824. The van der Waals surface area contributed by atoms with E-state index in [1.165, 1.54) is 17.9 Å². The Bertz CT molecular complexity index is 723. The van der Waals surface area contributed by atoms with Crippen LogP contribution >= 0.6 is 0 Å². The van der Waals surface area contributed by atoms with Crippen LogP contribution in [0.25, 0.3) is 0 Å². The fourth-order valence-electron chi connectivity index (χ4n) is 3.96. The standard InChI is InChI=1S/C17H26N4O4S/c22-16-4-3-15(18-21(16)14-5-10-26(24,25)12-14)17(23)20-8-6-19(7-9-20)11-13-1-2-13/h13-14H,1-12H2. The first-order valence-electron chi connectivity index (χ1n) is 9.53. The molecule has 1 saturated carbocycles. The van der Waals surface area contributed by atoms with Gasteiger partial charge in [-0.25, -0.2) is 13.4 Å². The molecule has 144 valence electrons. The molecule has 4 aliphatic rings. The minimum Gasteiger partial charge on any atom is -0.335 e. The summed E-state index contributed by atoms with van der Waals surface area (Å²) in [6, 6.07) is -0.425. The van der Waals surface area contributed by atoms with Crippen LogP contribution in [0.4, 0.5) is 0 Å². The number of nitrogens with zero attached hydrogens (tertiary/aromatic N) is 4. The van der Waals surface area contributed by atoms with E-state index in [2.05, 4.69) is 10.0 Å². The fourth-order valence-corrected chi connectivity index (χ4v) is 5.65. The highest BCUT2D eigenvalue weighted by Crippen LogP contribution is 2.30. The van der Waals surface area contributed by atoms with E-state index in [4.69, 9.17) is 0 Å². The van der Waals surface area contributed by atoms with Crippen LogP contribution in [0.3, 0.4) is 0 Å². The molecule has 1 unspecified atom stereocenters. The first-order chi connectivity index (χ1) is 12.4. The maximum absolute atomic E-state index is 12.8. The molecule has 0 aromatic heterocycles. The predicted molar refractivity (Wildman–Crippen MR) is 96.3 cm³/mol. The van der Waals surface area contributed by atoms with Crippen molar-refractivity contribution in [1.29, 1.82) is 0 Å². The Morgan fingerprint density at radius 2 is 1.81 bits per heavy atom. The van der Waals surface area contributed by atoms with Crippen LogP contribution in [-0.2, 0) is 19.4 Å². The van der Waals surface area contributed by atoms with Gasteiger partial charge in [-0.15, -0.1) is 0 Å². The molecule has 0 aromatic carbocycles. The average Bonchev–Trinajstić information content (AvgIpc) is 3.36. The van der Waals surface area contributed by atoms with Crippen LogP contribution in [0.15, 0.2) is 5.10 Å². The molecule has 2 saturated heterocycles. The first-order valence-corrected chi connectivity index (χ1v) is 11.3. The van der Waals surface area contributed by atoms with E-state index in [0.717, 1.165) is 25.6 Å². The molecule has 0 spiro atoms. The molecular weight excluding hydrogens is 356 g/mol. The molecule has 8 nitrogen and oxygen atoms in total. The highest BCUT2D eigenvalue weighted by molar-refractivity contribution is 7.91. The van der Waals surface area contributed by atoms with E-state index in [1.807, 2.05) is 4.90 Å². The third-order valence-corrected chi connectivity index (χ3v) is 7.48. The molecule has 9 heteroatoms. The lowest BCUT2D eigenvalue weighted by molar-refractivity contribution is -0.134. The van der Waals surface area contributed by atoms with Gasteiger partial charge in [-0.3, -0.25) is 14.5 Å². The second-order valence-electron chi connectivity index (χ2n) is 7.88. The van der Waals surface area contributed by atoms with Crippen molar-refractivity contribution in [3.05, 3.63) is 0 Å². The molecule has 0 bridgehead atoms. The zero-order chi connectivity index (χ0) is 18.3. The summed E-state index contributed by atoms with van der Waals surface area (Å²) in [5.74, 6) is 0.599. The van der Waals surface area contributed by atoms with Gasteiger partial charge >= 0.3 is 0 Å². The molecule has 1 aliphatic carbocycles. The van der Waals surface area contributed by atoms with E-state index in [0.29, 0.717) is 31.6 Å². The van der Waals surface area contributed by atoms with Crippen LogP contribution in [0.1, 0.15) is 32.1 Å². The summed E-state index contributed by atoms with van der Waals surface area (Å²) >= 11 is 0. The largest absolute Gasteiger partial charge is 0.335 e. The minimum atomic E-state index is -3.10. The Hall–Kier alpha value is -1.48. The second-order valence-corrected chi connectivity index (χ2v) is 10.1. The zero-order valence-corrected chi connectivity index (χ0v) is 15.8. The van der Waals surface area contributed by atoms with Gasteiger partial charge in [0.05, 0.1) is 17.5 Å². The molecule has 3 aliphatic heterocycles. The normalized spacial score (nSPS) is 29.8. The van der Waals surface area contributed by atoms with Crippen molar-refractivity contribution >= 4 is 27.4 Å². The zero-order valence-electron chi connectivity index (χ0n) is 15.0. The number of amides is 2. The Morgan fingerprint density at radius 3 is 2.42 bits per heavy atom. The summed E-state index contributed by atoms with van der Waals surface area (Å²) in [6.07, 6.45) is 3.63. The topological polar surface area (TPSA) is 90.4 Å². The molecule has 3 heterocycles. The lowest BCUT2D eigenvalue weighted by Crippen LogP contribution is -2.52. The van der Waals surface area contributed by atoms with Crippen molar-refractivity contribution in [2.24, 2.45) is 11.0 Å². The van der Waals surface area contributed by atoms with Crippen molar-refractivity contribution in [2.75, 3.05) is 44.2 Å². The lowest BCUT2D eigenvalue weighted by Gasteiger charge is -2.36. The molecule has 26 heavy (non-hydrogen) atoms. The van der Waals surface area contributed by atoms with Gasteiger partial charge in [0.1, 0.15) is 5.71 Å². The smallest absolute Gasteiger partial charge is 0.270 e. The van der Waals surface area contributed by atoms with Gasteiger partial charge in [-0.1, -0.05) is 0 Å². The van der Waals surface area contributed by atoms with Crippen molar-refractivity contribution in [3.63, 3.8) is 0 Å². The van der Waals surface area contributed by atoms with E-state index >= 15 is 0 Å². The molecular formula is C17H26N4O4S. The summed E-state index contributed by atoms with van der Waals surface area (Å²) in [7, 11) is -3.10. The van der Waals surface area contributed by atoms with E-state index in [1.54, 1.807) is 0 Å². The van der Waals surface area contributed by atoms with Gasteiger partial charge in [0.2, 0.25) is 5.91 Å². The average molecular weight is 382 g/mol. The second kappa shape index (κ2) is 6.92. The van der Waals surface area contributed by atoms with Crippen molar-refractivity contribution in [1.82, 2.24) is 14.8 Å². The Kier molecular flexibility index (Phi) is 4.77. The number of hydrogen-bond donors (Lipinski definition) is 0. The number of rotatable bonds is 4. The summed E-state index contributed by atoms with van der Waals surface area (Å²) in [6.45, 7) is 4.30. The van der Waals surface area contributed by atoms with Crippen LogP contribution in [0.2, 0.25) is 0 Å². The van der Waals surface area contributed by atoms with Gasteiger partial charge in [0.25, 0.3) is 5.91 Å². The predicted octanol–water partition coefficient (Wildman–Crippen LogP) is -0.294. The van der Waals surface area contributed by atoms with Crippen molar-refractivity contribution < 1.29 is 18.0 Å². The SMILES string of the molecule is O=C(C1=NN(C2CCS(=O)(=O)C2)C(=O)CC1)N1CCN(CC2CC2)CC1. The monoisotopic (exact) mass is 382 g/mol. The summed E-state index contributed by atoms with van der Waals surface area (Å²) in [4.78, 5) is 29.2. The summed E-state index contributed by atoms with van der Waals surface area (Å²) < 4.78 is 23.4. The number of piperazine rings is 1.